The number of nitrogens with zero attached hydrogens (tertiary/aromatic N) is 5. The van der Waals surface area contributed by atoms with Gasteiger partial charge in [-0.1, -0.05) is 6.07 Å². The van der Waals surface area contributed by atoms with Gasteiger partial charge >= 0.3 is 0 Å². The highest BCUT2D eigenvalue weighted by Gasteiger charge is 2.41. The monoisotopic (exact) mass is 501 g/mol. The van der Waals surface area contributed by atoms with Crippen molar-refractivity contribution in [2.45, 2.75) is 24.2 Å². The molecular weight excluding hydrogens is 476 g/mol. The first-order valence-corrected chi connectivity index (χ1v) is 12.1. The molecule has 0 bridgehead atoms. The molecule has 2 aromatic carbocycles. The van der Waals surface area contributed by atoms with E-state index in [-0.39, 0.29) is 17.8 Å². The SMILES string of the molecule is COc1ccc(C2CN(c3cc([C@@H]4C[C@H]4c4cnc(-c5ncccn5)nc4)cc(F)c3F)C2)cc1OC. The Balaban J connectivity index is 1.16. The second-order valence-corrected chi connectivity index (χ2v) is 9.41. The lowest BCUT2D eigenvalue weighted by Crippen LogP contribution is -2.45. The lowest BCUT2D eigenvalue weighted by atomic mass is 9.90. The zero-order chi connectivity index (χ0) is 25.5. The van der Waals surface area contributed by atoms with Crippen LogP contribution >= 0.6 is 0 Å². The van der Waals surface area contributed by atoms with Gasteiger partial charge in [-0.3, -0.25) is 0 Å². The van der Waals surface area contributed by atoms with Crippen molar-refractivity contribution in [2.24, 2.45) is 0 Å². The molecule has 0 radical (unpaired) electrons. The van der Waals surface area contributed by atoms with Gasteiger partial charge in [-0.2, -0.15) is 0 Å². The average Bonchev–Trinajstić information content (AvgIpc) is 3.72. The first kappa shape index (κ1) is 23.3. The minimum atomic E-state index is -0.819. The van der Waals surface area contributed by atoms with Crippen molar-refractivity contribution in [3.05, 3.63) is 89.5 Å². The molecule has 188 valence electrons. The fourth-order valence-electron chi connectivity index (χ4n) is 5.02. The Morgan fingerprint density at radius 1 is 0.784 bits per heavy atom. The summed E-state index contributed by atoms with van der Waals surface area (Å²) in [5, 5.41) is 0. The molecule has 37 heavy (non-hydrogen) atoms. The highest BCUT2D eigenvalue weighted by molar-refractivity contribution is 5.57. The van der Waals surface area contributed by atoms with Crippen molar-refractivity contribution in [3.8, 4) is 23.1 Å². The summed E-state index contributed by atoms with van der Waals surface area (Å²) >= 11 is 0. The molecule has 0 unspecified atom stereocenters. The first-order chi connectivity index (χ1) is 18.1. The van der Waals surface area contributed by atoms with E-state index in [1.54, 1.807) is 51.1 Å². The van der Waals surface area contributed by atoms with Gasteiger partial charge in [-0.05, 0) is 65.3 Å². The molecule has 1 saturated heterocycles. The Morgan fingerprint density at radius 2 is 1.46 bits per heavy atom. The minimum absolute atomic E-state index is 0.0965. The van der Waals surface area contributed by atoms with Crippen LogP contribution in [-0.4, -0.2) is 47.2 Å². The topological polar surface area (TPSA) is 73.3 Å². The van der Waals surface area contributed by atoms with Gasteiger partial charge < -0.3 is 14.4 Å². The van der Waals surface area contributed by atoms with E-state index in [1.807, 2.05) is 23.1 Å². The fourth-order valence-corrected chi connectivity index (χ4v) is 5.02. The molecule has 1 aliphatic carbocycles. The van der Waals surface area contributed by atoms with Crippen LogP contribution in [0.4, 0.5) is 14.5 Å². The summed E-state index contributed by atoms with van der Waals surface area (Å²) in [6, 6.07) is 10.7. The van der Waals surface area contributed by atoms with Gasteiger partial charge in [0.2, 0.25) is 0 Å². The number of aromatic nitrogens is 4. The van der Waals surface area contributed by atoms with Crippen molar-refractivity contribution in [1.29, 1.82) is 0 Å². The number of hydrogen-bond donors (Lipinski definition) is 0. The van der Waals surface area contributed by atoms with E-state index in [0.717, 1.165) is 23.1 Å². The van der Waals surface area contributed by atoms with Gasteiger partial charge in [0.1, 0.15) is 0 Å². The lowest BCUT2D eigenvalue weighted by Gasteiger charge is -2.41. The molecule has 2 fully saturated rings. The molecule has 0 amide bonds. The van der Waals surface area contributed by atoms with Gasteiger partial charge in [0, 0.05) is 43.8 Å². The first-order valence-electron chi connectivity index (χ1n) is 12.1. The molecule has 3 heterocycles. The van der Waals surface area contributed by atoms with Crippen LogP contribution in [0.3, 0.4) is 0 Å². The third-order valence-electron chi connectivity index (χ3n) is 7.22. The molecule has 1 aliphatic heterocycles. The highest BCUT2D eigenvalue weighted by Crippen LogP contribution is 2.55. The minimum Gasteiger partial charge on any atom is -0.493 e. The Kier molecular flexibility index (Phi) is 5.90. The van der Waals surface area contributed by atoms with Crippen molar-refractivity contribution < 1.29 is 18.3 Å². The largest absolute Gasteiger partial charge is 0.493 e. The number of halogens is 2. The van der Waals surface area contributed by atoms with Crippen molar-refractivity contribution in [1.82, 2.24) is 19.9 Å². The molecule has 7 nitrogen and oxygen atoms in total. The third kappa shape index (κ3) is 4.34. The summed E-state index contributed by atoms with van der Waals surface area (Å²) in [6.07, 6.45) is 7.67. The fraction of sp³-hybridized carbons (Fsp3) is 0.286. The maximum atomic E-state index is 14.8. The van der Waals surface area contributed by atoms with Crippen LogP contribution in [-0.2, 0) is 0 Å². The summed E-state index contributed by atoms with van der Waals surface area (Å²) < 4.78 is 40.2. The maximum absolute atomic E-state index is 14.8. The Labute approximate surface area is 213 Å². The third-order valence-corrected chi connectivity index (χ3v) is 7.22. The number of methoxy groups -OCH3 is 2. The summed E-state index contributed by atoms with van der Waals surface area (Å²) in [4.78, 5) is 19.0. The Hall–Kier alpha value is -4.14. The molecule has 2 atom stereocenters. The smallest absolute Gasteiger partial charge is 0.197 e. The van der Waals surface area contributed by atoms with Gasteiger partial charge in [0.15, 0.2) is 34.8 Å². The van der Waals surface area contributed by atoms with Crippen molar-refractivity contribution >= 4 is 5.69 Å². The highest BCUT2D eigenvalue weighted by atomic mass is 19.2. The number of anilines is 1. The quantitative estimate of drug-likeness (QED) is 0.349. The number of hydrogen-bond acceptors (Lipinski definition) is 7. The van der Waals surface area contributed by atoms with Gasteiger partial charge in [-0.25, -0.2) is 28.7 Å². The van der Waals surface area contributed by atoms with Crippen LogP contribution in [0, 0.1) is 11.6 Å². The van der Waals surface area contributed by atoms with Crippen LogP contribution in [0.25, 0.3) is 11.6 Å². The summed E-state index contributed by atoms with van der Waals surface area (Å²) in [5.74, 6) is 1.08. The second kappa shape index (κ2) is 9.38. The van der Waals surface area contributed by atoms with E-state index < -0.39 is 11.6 Å². The normalized spacial score (nSPS) is 18.9. The van der Waals surface area contributed by atoms with Crippen molar-refractivity contribution in [3.63, 3.8) is 0 Å². The molecule has 0 spiro atoms. The molecule has 4 aromatic rings. The Bertz CT molecular complexity index is 1430. The van der Waals surface area contributed by atoms with E-state index >= 15 is 0 Å². The summed E-state index contributed by atoms with van der Waals surface area (Å²) in [5.41, 5.74) is 3.15. The predicted molar refractivity (Wildman–Crippen MR) is 134 cm³/mol. The molecule has 9 heteroatoms. The molecule has 2 aliphatic rings. The molecular formula is C28H25F2N5O2. The van der Waals surface area contributed by atoms with E-state index in [9.17, 15) is 8.78 Å². The van der Waals surface area contributed by atoms with E-state index in [4.69, 9.17) is 9.47 Å². The van der Waals surface area contributed by atoms with E-state index in [2.05, 4.69) is 19.9 Å². The van der Waals surface area contributed by atoms with E-state index in [1.165, 1.54) is 6.07 Å². The molecule has 6 rings (SSSR count). The summed E-state index contributed by atoms with van der Waals surface area (Å²) in [6.45, 7) is 1.19. The number of ether oxygens (including phenoxy) is 2. The summed E-state index contributed by atoms with van der Waals surface area (Å²) in [7, 11) is 3.20. The molecule has 1 saturated carbocycles. The van der Waals surface area contributed by atoms with Crippen LogP contribution in [0.1, 0.15) is 40.9 Å². The van der Waals surface area contributed by atoms with Crippen LogP contribution in [0.2, 0.25) is 0 Å². The van der Waals surface area contributed by atoms with Crippen LogP contribution < -0.4 is 14.4 Å². The standard InChI is InChI=1S/C28H25F2N5O2/c1-36-24-5-4-16(10-25(24)37-2)19-14-35(15-19)23-9-17(8-22(29)26(23)30)20-11-21(20)18-12-33-28(34-13-18)27-31-6-3-7-32-27/h3-10,12-13,19-21H,11,14-15H2,1-2H3/t20-,21-/m0/s1. The number of benzene rings is 2. The van der Waals surface area contributed by atoms with Crippen LogP contribution in [0.15, 0.2) is 61.2 Å². The zero-order valence-corrected chi connectivity index (χ0v) is 20.4. The van der Waals surface area contributed by atoms with E-state index in [0.29, 0.717) is 41.9 Å². The predicted octanol–water partition coefficient (Wildman–Crippen LogP) is 5.10. The maximum Gasteiger partial charge on any atom is 0.197 e. The second-order valence-electron chi connectivity index (χ2n) is 9.41. The van der Waals surface area contributed by atoms with Crippen LogP contribution in [0.5, 0.6) is 11.5 Å². The van der Waals surface area contributed by atoms with Gasteiger partial charge in [0.25, 0.3) is 0 Å². The zero-order valence-electron chi connectivity index (χ0n) is 20.4. The van der Waals surface area contributed by atoms with Crippen molar-refractivity contribution in [2.75, 3.05) is 32.2 Å². The van der Waals surface area contributed by atoms with Gasteiger partial charge in [0.05, 0.1) is 19.9 Å². The lowest BCUT2D eigenvalue weighted by molar-refractivity contribution is 0.353. The molecule has 0 N–H and O–H groups in total. The average molecular weight is 502 g/mol. The molecule has 2 aromatic heterocycles. The van der Waals surface area contributed by atoms with Gasteiger partial charge in [-0.15, -0.1) is 0 Å². The number of rotatable bonds is 7. The Morgan fingerprint density at radius 3 is 2.16 bits per heavy atom.